The van der Waals surface area contributed by atoms with Gasteiger partial charge in [0.05, 0.1) is 13.5 Å². The summed E-state index contributed by atoms with van der Waals surface area (Å²) in [6.07, 6.45) is 2.44. The van der Waals surface area contributed by atoms with E-state index in [1.807, 2.05) is 13.0 Å². The van der Waals surface area contributed by atoms with Crippen molar-refractivity contribution in [1.29, 1.82) is 0 Å². The van der Waals surface area contributed by atoms with E-state index in [4.69, 9.17) is 10.5 Å². The van der Waals surface area contributed by atoms with Gasteiger partial charge in [-0.25, -0.2) is 4.39 Å². The van der Waals surface area contributed by atoms with Crippen LogP contribution in [0.15, 0.2) is 23.1 Å². The molecule has 0 aliphatic heterocycles. The van der Waals surface area contributed by atoms with Crippen LogP contribution < -0.4 is 5.73 Å². The third-order valence-corrected chi connectivity index (χ3v) is 5.12. The van der Waals surface area contributed by atoms with Crippen molar-refractivity contribution in [2.24, 2.45) is 11.1 Å². The molecule has 1 saturated carbocycles. The number of ether oxygens (including phenoxy) is 1. The first-order valence-corrected chi connectivity index (χ1v) is 7.69. The predicted octanol–water partition coefficient (Wildman–Crippen LogP) is 3.28. The Bertz CT molecular complexity index is 501. The van der Waals surface area contributed by atoms with Crippen molar-refractivity contribution in [1.82, 2.24) is 0 Å². The van der Waals surface area contributed by atoms with Gasteiger partial charge in [-0.15, -0.1) is 11.8 Å². The van der Waals surface area contributed by atoms with Crippen molar-refractivity contribution >= 4 is 17.7 Å². The Morgan fingerprint density at radius 2 is 2.25 bits per heavy atom. The summed E-state index contributed by atoms with van der Waals surface area (Å²) >= 11 is 1.47. The molecule has 0 bridgehead atoms. The van der Waals surface area contributed by atoms with Gasteiger partial charge in [-0.2, -0.15) is 0 Å². The van der Waals surface area contributed by atoms with Crippen LogP contribution in [0.5, 0.6) is 0 Å². The third-order valence-electron chi connectivity index (χ3n) is 3.72. The Kier molecular flexibility index (Phi) is 4.70. The maximum Gasteiger partial charge on any atom is 0.306 e. The molecule has 0 amide bonds. The maximum atomic E-state index is 14.0. The van der Waals surface area contributed by atoms with Crippen LogP contribution in [-0.4, -0.2) is 18.8 Å². The van der Waals surface area contributed by atoms with Gasteiger partial charge in [0, 0.05) is 16.7 Å². The number of hydrogen-bond donors (Lipinski definition) is 1. The van der Waals surface area contributed by atoms with Gasteiger partial charge in [0.25, 0.3) is 0 Å². The number of esters is 1. The van der Waals surface area contributed by atoms with Crippen molar-refractivity contribution < 1.29 is 13.9 Å². The molecule has 0 aromatic heterocycles. The summed E-state index contributed by atoms with van der Waals surface area (Å²) in [5.74, 6) is 0.325. The lowest BCUT2D eigenvalue weighted by molar-refractivity contribution is -0.141. The first-order valence-electron chi connectivity index (χ1n) is 6.70. The third kappa shape index (κ3) is 3.73. The average molecular weight is 297 g/mol. The molecule has 20 heavy (non-hydrogen) atoms. The molecule has 0 radical (unpaired) electrons. The van der Waals surface area contributed by atoms with Gasteiger partial charge in [0.15, 0.2) is 0 Å². The molecule has 1 fully saturated rings. The lowest BCUT2D eigenvalue weighted by Gasteiger charge is -2.14. The van der Waals surface area contributed by atoms with Gasteiger partial charge >= 0.3 is 5.97 Å². The van der Waals surface area contributed by atoms with E-state index in [9.17, 15) is 9.18 Å². The number of rotatable bonds is 6. The van der Waals surface area contributed by atoms with Crippen molar-refractivity contribution in [3.63, 3.8) is 0 Å². The minimum absolute atomic E-state index is 0.00400. The standard InChI is InChI=1S/C15H20FNO2S/c1-10(17)11-3-4-13(12(16)7-11)20-9-15(5-6-15)8-14(18)19-2/h3-4,7,10H,5-6,8-9,17H2,1-2H3/t10-/m1/s1. The van der Waals surface area contributed by atoms with Gasteiger partial charge in [-0.05, 0) is 42.9 Å². The van der Waals surface area contributed by atoms with E-state index >= 15 is 0 Å². The normalized spacial score (nSPS) is 17.6. The van der Waals surface area contributed by atoms with E-state index in [0.717, 1.165) is 24.2 Å². The number of thioether (sulfide) groups is 1. The summed E-state index contributed by atoms with van der Waals surface area (Å²) < 4.78 is 18.7. The molecule has 1 aliphatic rings. The number of carbonyl (C=O) groups is 1. The van der Waals surface area contributed by atoms with E-state index in [1.54, 1.807) is 6.07 Å². The topological polar surface area (TPSA) is 52.3 Å². The summed E-state index contributed by atoms with van der Waals surface area (Å²) in [5, 5.41) is 0. The monoisotopic (exact) mass is 297 g/mol. The second-order valence-electron chi connectivity index (χ2n) is 5.52. The molecule has 1 aromatic carbocycles. The quantitative estimate of drug-likeness (QED) is 0.646. The molecule has 5 heteroatoms. The highest BCUT2D eigenvalue weighted by Gasteiger charge is 2.44. The fourth-order valence-corrected chi connectivity index (χ4v) is 3.29. The van der Waals surface area contributed by atoms with Crippen molar-refractivity contribution in [3.8, 4) is 0 Å². The van der Waals surface area contributed by atoms with E-state index in [1.165, 1.54) is 24.9 Å². The van der Waals surface area contributed by atoms with Crippen LogP contribution in [0.4, 0.5) is 4.39 Å². The Morgan fingerprint density at radius 3 is 2.75 bits per heavy atom. The maximum absolute atomic E-state index is 14.0. The largest absolute Gasteiger partial charge is 0.469 e. The predicted molar refractivity (Wildman–Crippen MR) is 78.0 cm³/mol. The smallest absolute Gasteiger partial charge is 0.306 e. The molecule has 1 atom stereocenters. The molecule has 2 N–H and O–H groups in total. The molecule has 0 heterocycles. The lowest BCUT2D eigenvalue weighted by Crippen LogP contribution is -2.13. The minimum atomic E-state index is -0.237. The minimum Gasteiger partial charge on any atom is -0.469 e. The van der Waals surface area contributed by atoms with E-state index < -0.39 is 0 Å². The number of halogens is 1. The number of hydrogen-bond acceptors (Lipinski definition) is 4. The average Bonchev–Trinajstić information content (AvgIpc) is 3.17. The van der Waals surface area contributed by atoms with Crippen LogP contribution >= 0.6 is 11.8 Å². The summed E-state index contributed by atoms with van der Waals surface area (Å²) in [7, 11) is 1.40. The fraction of sp³-hybridized carbons (Fsp3) is 0.533. The molecular formula is C15H20FNO2S. The van der Waals surface area contributed by atoms with Gasteiger partial charge in [0.2, 0.25) is 0 Å². The van der Waals surface area contributed by atoms with Crippen LogP contribution in [0.2, 0.25) is 0 Å². The summed E-state index contributed by atoms with van der Waals surface area (Å²) in [5.41, 5.74) is 6.53. The van der Waals surface area contributed by atoms with E-state index in [0.29, 0.717) is 11.3 Å². The van der Waals surface area contributed by atoms with Crippen LogP contribution in [-0.2, 0) is 9.53 Å². The fourth-order valence-electron chi connectivity index (χ4n) is 2.08. The number of benzene rings is 1. The van der Waals surface area contributed by atoms with Crippen molar-refractivity contribution in [2.45, 2.75) is 37.1 Å². The zero-order chi connectivity index (χ0) is 14.8. The highest BCUT2D eigenvalue weighted by Crippen LogP contribution is 2.52. The molecule has 0 spiro atoms. The molecule has 110 valence electrons. The first kappa shape index (κ1) is 15.3. The zero-order valence-electron chi connectivity index (χ0n) is 11.8. The van der Waals surface area contributed by atoms with Crippen LogP contribution in [0.3, 0.4) is 0 Å². The summed E-state index contributed by atoms with van der Waals surface area (Å²) in [6.45, 7) is 1.83. The Hall–Kier alpha value is -1.07. The number of carbonyl (C=O) groups excluding carboxylic acids is 1. The zero-order valence-corrected chi connectivity index (χ0v) is 12.6. The second-order valence-corrected chi connectivity index (χ2v) is 6.54. The highest BCUT2D eigenvalue weighted by atomic mass is 32.2. The lowest BCUT2D eigenvalue weighted by atomic mass is 10.1. The van der Waals surface area contributed by atoms with Crippen molar-refractivity contribution in [3.05, 3.63) is 29.6 Å². The van der Waals surface area contributed by atoms with Crippen molar-refractivity contribution in [2.75, 3.05) is 12.9 Å². The molecule has 1 aromatic rings. The highest BCUT2D eigenvalue weighted by molar-refractivity contribution is 7.99. The van der Waals surface area contributed by atoms with Gasteiger partial charge in [-0.1, -0.05) is 6.07 Å². The van der Waals surface area contributed by atoms with Gasteiger partial charge < -0.3 is 10.5 Å². The number of nitrogens with two attached hydrogens (primary N) is 1. The van der Waals surface area contributed by atoms with Gasteiger partial charge in [-0.3, -0.25) is 4.79 Å². The number of methoxy groups -OCH3 is 1. The van der Waals surface area contributed by atoms with E-state index in [2.05, 4.69) is 0 Å². The Morgan fingerprint density at radius 1 is 1.55 bits per heavy atom. The van der Waals surface area contributed by atoms with Crippen LogP contribution in [0.1, 0.15) is 37.8 Å². The van der Waals surface area contributed by atoms with Crippen LogP contribution in [0, 0.1) is 11.2 Å². The molecular weight excluding hydrogens is 277 g/mol. The van der Waals surface area contributed by atoms with Gasteiger partial charge in [0.1, 0.15) is 5.82 Å². The molecule has 0 unspecified atom stereocenters. The molecule has 1 aliphatic carbocycles. The van der Waals surface area contributed by atoms with E-state index in [-0.39, 0.29) is 23.2 Å². The van der Waals surface area contributed by atoms with Crippen LogP contribution in [0.25, 0.3) is 0 Å². The Balaban J connectivity index is 1.96. The summed E-state index contributed by atoms with van der Waals surface area (Å²) in [4.78, 5) is 12.0. The Labute approximate surface area is 123 Å². The SMILES string of the molecule is COC(=O)CC1(CSc2ccc([C@@H](C)N)cc2F)CC1. The summed E-state index contributed by atoms with van der Waals surface area (Å²) in [6, 6.07) is 4.95. The molecule has 0 saturated heterocycles. The molecule has 2 rings (SSSR count). The second kappa shape index (κ2) is 6.14. The first-order chi connectivity index (χ1) is 9.46. The molecule has 3 nitrogen and oxygen atoms in total.